The van der Waals surface area contributed by atoms with Crippen LogP contribution in [0.2, 0.25) is 0 Å². The first-order chi connectivity index (χ1) is 6.84. The molecule has 1 aromatic carbocycles. The van der Waals surface area contributed by atoms with Gasteiger partial charge in [0.1, 0.15) is 0 Å². The van der Waals surface area contributed by atoms with Gasteiger partial charge in [-0.15, -0.1) is 21.6 Å². The minimum absolute atomic E-state index is 0.674. The second-order valence-corrected chi connectivity index (χ2v) is 4.28. The molecule has 0 N–H and O–H groups in total. The Hall–Kier alpha value is -1.07. The monoisotopic (exact) mass is 267 g/mol. The molecule has 0 amide bonds. The summed E-state index contributed by atoms with van der Waals surface area (Å²) < 4.78 is 1.03. The molecular formula is C9H6BrN3S. The summed E-state index contributed by atoms with van der Waals surface area (Å²) >= 11 is 4.82. The first kappa shape index (κ1) is 9.48. The van der Waals surface area contributed by atoms with Crippen LogP contribution >= 0.6 is 27.3 Å². The van der Waals surface area contributed by atoms with Gasteiger partial charge < -0.3 is 0 Å². The fraction of sp³-hybridized carbons (Fsp3) is 0. The lowest BCUT2D eigenvalue weighted by atomic mass is 10.3. The van der Waals surface area contributed by atoms with Crippen molar-refractivity contribution >= 4 is 38.1 Å². The highest BCUT2D eigenvalue weighted by Crippen LogP contribution is 2.21. The van der Waals surface area contributed by atoms with Gasteiger partial charge in [-0.2, -0.15) is 0 Å². The van der Waals surface area contributed by atoms with Crippen molar-refractivity contribution in [3.63, 3.8) is 0 Å². The maximum absolute atomic E-state index is 4.04. The van der Waals surface area contributed by atoms with E-state index in [1.165, 1.54) is 11.3 Å². The second kappa shape index (κ2) is 4.43. The number of azo groups is 1. The topological polar surface area (TPSA) is 37.6 Å². The maximum atomic E-state index is 4.04. The Balaban J connectivity index is 2.15. The van der Waals surface area contributed by atoms with Crippen LogP contribution in [-0.2, 0) is 0 Å². The van der Waals surface area contributed by atoms with Crippen LogP contribution < -0.4 is 0 Å². The molecule has 1 heterocycles. The first-order valence-electron chi connectivity index (χ1n) is 3.91. The Labute approximate surface area is 93.7 Å². The van der Waals surface area contributed by atoms with Crippen molar-refractivity contribution < 1.29 is 0 Å². The van der Waals surface area contributed by atoms with E-state index in [4.69, 9.17) is 0 Å². The normalized spacial score (nSPS) is 10.9. The lowest BCUT2D eigenvalue weighted by Gasteiger charge is -1.90. The number of hydrogen-bond acceptors (Lipinski definition) is 4. The highest BCUT2D eigenvalue weighted by Gasteiger charge is 1.91. The number of thiazole rings is 1. The van der Waals surface area contributed by atoms with Crippen LogP contribution in [0.15, 0.2) is 50.5 Å². The molecule has 0 radical (unpaired) electrons. The molecule has 3 nitrogen and oxygen atoms in total. The third kappa shape index (κ3) is 2.46. The lowest BCUT2D eigenvalue weighted by molar-refractivity contribution is 1.20. The van der Waals surface area contributed by atoms with Crippen molar-refractivity contribution in [1.29, 1.82) is 0 Å². The molecule has 70 valence electrons. The van der Waals surface area contributed by atoms with Gasteiger partial charge in [0.2, 0.25) is 5.13 Å². The highest BCUT2D eigenvalue weighted by molar-refractivity contribution is 9.10. The van der Waals surface area contributed by atoms with Gasteiger partial charge in [0.25, 0.3) is 0 Å². The zero-order chi connectivity index (χ0) is 9.80. The number of hydrogen-bond donors (Lipinski definition) is 0. The van der Waals surface area contributed by atoms with Crippen molar-refractivity contribution in [3.8, 4) is 0 Å². The molecule has 0 atom stereocenters. The fourth-order valence-corrected chi connectivity index (χ4v) is 1.59. The van der Waals surface area contributed by atoms with Crippen molar-refractivity contribution in [2.45, 2.75) is 0 Å². The number of rotatable bonds is 2. The van der Waals surface area contributed by atoms with E-state index in [0.29, 0.717) is 5.13 Å². The third-order valence-corrected chi connectivity index (χ3v) is 2.68. The van der Waals surface area contributed by atoms with E-state index in [2.05, 4.69) is 31.1 Å². The van der Waals surface area contributed by atoms with Gasteiger partial charge in [-0.25, -0.2) is 4.98 Å². The molecule has 0 aliphatic rings. The van der Waals surface area contributed by atoms with Gasteiger partial charge in [-0.3, -0.25) is 0 Å². The van der Waals surface area contributed by atoms with E-state index in [1.54, 1.807) is 6.20 Å². The van der Waals surface area contributed by atoms with Crippen LogP contribution in [0.5, 0.6) is 0 Å². The molecule has 0 aliphatic carbocycles. The van der Waals surface area contributed by atoms with E-state index >= 15 is 0 Å². The molecule has 5 heteroatoms. The SMILES string of the molecule is Brc1ccc(N=Nc2nccs2)cc1. The average molecular weight is 268 g/mol. The average Bonchev–Trinajstić information content (AvgIpc) is 2.70. The largest absolute Gasteiger partial charge is 0.229 e. The molecule has 2 aromatic rings. The maximum Gasteiger partial charge on any atom is 0.229 e. The van der Waals surface area contributed by atoms with Crippen LogP contribution in [0.4, 0.5) is 10.8 Å². The van der Waals surface area contributed by atoms with Gasteiger partial charge in [0.05, 0.1) is 5.69 Å². The van der Waals surface area contributed by atoms with Crippen molar-refractivity contribution in [1.82, 2.24) is 4.98 Å². The number of aromatic nitrogens is 1. The van der Waals surface area contributed by atoms with Gasteiger partial charge >= 0.3 is 0 Å². The van der Waals surface area contributed by atoms with Gasteiger partial charge in [0.15, 0.2) is 0 Å². The Morgan fingerprint density at radius 1 is 1.14 bits per heavy atom. The quantitative estimate of drug-likeness (QED) is 0.747. The lowest BCUT2D eigenvalue weighted by Crippen LogP contribution is -1.63. The first-order valence-corrected chi connectivity index (χ1v) is 5.59. The Kier molecular flexibility index (Phi) is 3.00. The molecular weight excluding hydrogens is 262 g/mol. The second-order valence-electron chi connectivity index (χ2n) is 2.49. The van der Waals surface area contributed by atoms with Gasteiger partial charge in [0, 0.05) is 16.0 Å². The highest BCUT2D eigenvalue weighted by atomic mass is 79.9. The summed E-state index contributed by atoms with van der Waals surface area (Å²) in [6.45, 7) is 0. The summed E-state index contributed by atoms with van der Waals surface area (Å²) in [5.74, 6) is 0. The van der Waals surface area contributed by atoms with Gasteiger partial charge in [-0.1, -0.05) is 15.9 Å². The minimum Gasteiger partial charge on any atom is -0.226 e. The summed E-state index contributed by atoms with van der Waals surface area (Å²) in [6, 6.07) is 7.63. The number of nitrogens with zero attached hydrogens (tertiary/aromatic N) is 3. The standard InChI is InChI=1S/C9H6BrN3S/c10-7-1-3-8(4-2-7)12-13-9-11-5-6-14-9/h1-6H. The van der Waals surface area contributed by atoms with E-state index in [9.17, 15) is 0 Å². The summed E-state index contributed by atoms with van der Waals surface area (Å²) in [5, 5.41) is 10.6. The molecule has 0 spiro atoms. The summed E-state index contributed by atoms with van der Waals surface area (Å²) in [7, 11) is 0. The van der Waals surface area contributed by atoms with E-state index in [-0.39, 0.29) is 0 Å². The van der Waals surface area contributed by atoms with Crippen LogP contribution in [-0.4, -0.2) is 4.98 Å². The van der Waals surface area contributed by atoms with E-state index in [1.807, 2.05) is 29.6 Å². The molecule has 2 rings (SSSR count). The molecule has 14 heavy (non-hydrogen) atoms. The fourth-order valence-electron chi connectivity index (χ4n) is 0.874. The van der Waals surface area contributed by atoms with Crippen molar-refractivity contribution in [3.05, 3.63) is 40.3 Å². The zero-order valence-electron chi connectivity index (χ0n) is 7.09. The Morgan fingerprint density at radius 2 is 1.93 bits per heavy atom. The number of halogens is 1. The molecule has 0 bridgehead atoms. The van der Waals surface area contributed by atoms with E-state index in [0.717, 1.165) is 10.2 Å². The summed E-state index contributed by atoms with van der Waals surface area (Å²) in [5.41, 5.74) is 0.823. The van der Waals surface area contributed by atoms with Crippen molar-refractivity contribution in [2.24, 2.45) is 10.2 Å². The van der Waals surface area contributed by atoms with Crippen molar-refractivity contribution in [2.75, 3.05) is 0 Å². The Bertz CT molecular complexity index is 422. The van der Waals surface area contributed by atoms with Crippen LogP contribution in [0.1, 0.15) is 0 Å². The van der Waals surface area contributed by atoms with Gasteiger partial charge in [-0.05, 0) is 24.3 Å². The molecule has 0 aliphatic heterocycles. The molecule has 0 unspecified atom stereocenters. The molecule has 1 aromatic heterocycles. The molecule has 0 saturated carbocycles. The Morgan fingerprint density at radius 3 is 2.57 bits per heavy atom. The zero-order valence-corrected chi connectivity index (χ0v) is 9.49. The predicted octanol–water partition coefficient (Wildman–Crippen LogP) is 4.32. The van der Waals surface area contributed by atoms with Crippen LogP contribution in [0, 0.1) is 0 Å². The predicted molar refractivity (Wildman–Crippen MR) is 60.4 cm³/mol. The smallest absolute Gasteiger partial charge is 0.226 e. The van der Waals surface area contributed by atoms with Crippen LogP contribution in [0.3, 0.4) is 0 Å². The third-order valence-electron chi connectivity index (χ3n) is 1.50. The number of benzene rings is 1. The summed E-state index contributed by atoms with van der Waals surface area (Å²) in [4.78, 5) is 4.00. The molecule has 0 saturated heterocycles. The summed E-state index contributed by atoms with van der Waals surface area (Å²) in [6.07, 6.45) is 1.71. The minimum atomic E-state index is 0.674. The molecule has 0 fully saturated rings. The van der Waals surface area contributed by atoms with E-state index < -0.39 is 0 Å². The van der Waals surface area contributed by atoms with Crippen LogP contribution in [0.25, 0.3) is 0 Å².